The molecular formula is C20H24N4O2. The first kappa shape index (κ1) is 16.8. The molecule has 1 aromatic carbocycles. The van der Waals surface area contributed by atoms with E-state index in [0.29, 0.717) is 12.8 Å². The van der Waals surface area contributed by atoms with Gasteiger partial charge in [-0.3, -0.25) is 9.48 Å². The van der Waals surface area contributed by atoms with E-state index < -0.39 is 0 Å². The van der Waals surface area contributed by atoms with E-state index in [0.717, 1.165) is 29.5 Å². The van der Waals surface area contributed by atoms with Crippen molar-refractivity contribution in [3.8, 4) is 0 Å². The van der Waals surface area contributed by atoms with Crippen LogP contribution in [0.1, 0.15) is 36.4 Å². The fourth-order valence-corrected chi connectivity index (χ4v) is 3.81. The third-order valence-corrected chi connectivity index (χ3v) is 5.32. The maximum atomic E-state index is 12.6. The van der Waals surface area contributed by atoms with Gasteiger partial charge in [-0.25, -0.2) is 0 Å². The Morgan fingerprint density at radius 3 is 2.96 bits per heavy atom. The van der Waals surface area contributed by atoms with Crippen LogP contribution in [0, 0.1) is 5.92 Å². The smallest absolute Gasteiger partial charge is 0.220 e. The van der Waals surface area contributed by atoms with Crippen LogP contribution in [0.15, 0.2) is 42.9 Å². The van der Waals surface area contributed by atoms with Crippen LogP contribution >= 0.6 is 0 Å². The van der Waals surface area contributed by atoms with E-state index in [-0.39, 0.29) is 24.0 Å². The lowest BCUT2D eigenvalue weighted by Gasteiger charge is -2.37. The minimum absolute atomic E-state index is 0.0329. The number of para-hydroxylation sites is 1. The summed E-state index contributed by atoms with van der Waals surface area (Å²) in [5.41, 5.74) is 3.26. The number of aliphatic hydroxyl groups excluding tert-OH is 1. The Morgan fingerprint density at radius 1 is 1.42 bits per heavy atom. The first-order chi connectivity index (χ1) is 12.6. The van der Waals surface area contributed by atoms with E-state index in [9.17, 15) is 9.90 Å². The van der Waals surface area contributed by atoms with Gasteiger partial charge in [-0.15, -0.1) is 0 Å². The van der Waals surface area contributed by atoms with Gasteiger partial charge in [0.15, 0.2) is 0 Å². The first-order valence-corrected chi connectivity index (χ1v) is 9.11. The van der Waals surface area contributed by atoms with Crippen molar-refractivity contribution in [1.29, 1.82) is 0 Å². The molecule has 1 atom stereocenters. The van der Waals surface area contributed by atoms with Crippen LogP contribution in [-0.2, 0) is 18.3 Å². The molecule has 0 bridgehead atoms. The maximum Gasteiger partial charge on any atom is 0.220 e. The lowest BCUT2D eigenvalue weighted by Crippen LogP contribution is -2.41. The Bertz CT molecular complexity index is 907. The molecule has 1 aliphatic rings. The number of aromatic nitrogens is 3. The molecule has 3 N–H and O–H groups in total. The van der Waals surface area contributed by atoms with E-state index >= 15 is 0 Å². The van der Waals surface area contributed by atoms with E-state index in [4.69, 9.17) is 0 Å². The fraction of sp³-hybridized carbons (Fsp3) is 0.400. The molecule has 1 fully saturated rings. The average Bonchev–Trinajstić information content (AvgIpc) is 3.22. The Kier molecular flexibility index (Phi) is 4.51. The van der Waals surface area contributed by atoms with E-state index in [1.165, 1.54) is 5.39 Å². The number of nitrogens with zero attached hydrogens (tertiary/aromatic N) is 2. The van der Waals surface area contributed by atoms with E-state index in [2.05, 4.69) is 21.5 Å². The molecule has 1 saturated carbocycles. The van der Waals surface area contributed by atoms with Crippen LogP contribution in [0.5, 0.6) is 0 Å². The van der Waals surface area contributed by atoms with Crippen molar-refractivity contribution in [2.45, 2.75) is 37.8 Å². The number of aliphatic hydroxyl groups is 1. The Hall–Kier alpha value is -2.60. The normalized spacial score (nSPS) is 20.7. The van der Waals surface area contributed by atoms with Crippen molar-refractivity contribution < 1.29 is 9.90 Å². The third kappa shape index (κ3) is 3.37. The van der Waals surface area contributed by atoms with Crippen LogP contribution < -0.4 is 5.32 Å². The predicted molar refractivity (Wildman–Crippen MR) is 99.4 cm³/mol. The monoisotopic (exact) mass is 352 g/mol. The summed E-state index contributed by atoms with van der Waals surface area (Å²) in [7, 11) is 1.87. The molecule has 2 aromatic heterocycles. The summed E-state index contributed by atoms with van der Waals surface area (Å²) in [6.45, 7) is 0. The summed E-state index contributed by atoms with van der Waals surface area (Å²) in [4.78, 5) is 15.8. The summed E-state index contributed by atoms with van der Waals surface area (Å²) in [6, 6.07) is 8.05. The quantitative estimate of drug-likeness (QED) is 0.637. The lowest BCUT2D eigenvalue weighted by molar-refractivity contribution is -0.123. The highest BCUT2D eigenvalue weighted by Crippen LogP contribution is 2.38. The minimum atomic E-state index is -0.248. The van der Waals surface area contributed by atoms with Crippen molar-refractivity contribution in [2.24, 2.45) is 13.0 Å². The van der Waals surface area contributed by atoms with Gasteiger partial charge in [0, 0.05) is 42.3 Å². The largest absolute Gasteiger partial charge is 0.393 e. The molecule has 0 aliphatic heterocycles. The van der Waals surface area contributed by atoms with Gasteiger partial charge in [0.1, 0.15) is 0 Å². The summed E-state index contributed by atoms with van der Waals surface area (Å²) in [6.07, 6.45) is 8.06. The third-order valence-electron chi connectivity index (χ3n) is 5.32. The molecule has 1 amide bonds. The summed E-state index contributed by atoms with van der Waals surface area (Å²) in [5.74, 6) is 0.303. The number of nitrogens with one attached hydrogen (secondary N) is 2. The maximum absolute atomic E-state index is 12.6. The highest BCUT2D eigenvalue weighted by molar-refractivity contribution is 5.84. The molecule has 1 aliphatic carbocycles. The van der Waals surface area contributed by atoms with Crippen molar-refractivity contribution in [2.75, 3.05) is 0 Å². The van der Waals surface area contributed by atoms with Crippen LogP contribution in [0.3, 0.4) is 0 Å². The van der Waals surface area contributed by atoms with Gasteiger partial charge in [-0.1, -0.05) is 18.2 Å². The van der Waals surface area contributed by atoms with Gasteiger partial charge in [0.05, 0.1) is 18.3 Å². The van der Waals surface area contributed by atoms with E-state index in [1.807, 2.05) is 37.6 Å². The molecule has 3 aromatic rings. The first-order valence-electron chi connectivity index (χ1n) is 9.11. The van der Waals surface area contributed by atoms with Crippen LogP contribution in [0.4, 0.5) is 0 Å². The summed E-state index contributed by atoms with van der Waals surface area (Å²) < 4.78 is 1.75. The van der Waals surface area contributed by atoms with Crippen LogP contribution in [0.2, 0.25) is 0 Å². The standard InChI is InChI=1S/C20H24N4O2/c1-24-12-15(11-22-24)20(14-8-16(25)9-14)23-19(26)7-6-13-10-21-18-5-3-2-4-17(13)18/h2-5,10-12,14,16,20-21,25H,6-9H2,1H3,(H,23,26)/t14?,16?,20-/m1/s1. The van der Waals surface area contributed by atoms with Crippen molar-refractivity contribution in [3.63, 3.8) is 0 Å². The Morgan fingerprint density at radius 2 is 2.23 bits per heavy atom. The summed E-state index contributed by atoms with van der Waals surface area (Å²) >= 11 is 0. The predicted octanol–water partition coefficient (Wildman–Crippen LogP) is 2.46. The molecule has 6 nitrogen and oxygen atoms in total. The van der Waals surface area contributed by atoms with Crippen molar-refractivity contribution >= 4 is 16.8 Å². The minimum Gasteiger partial charge on any atom is -0.393 e. The number of rotatable bonds is 6. The van der Waals surface area contributed by atoms with Gasteiger partial charge in [-0.05, 0) is 36.8 Å². The Balaban J connectivity index is 1.41. The summed E-state index contributed by atoms with van der Waals surface area (Å²) in [5, 5.41) is 18.2. The number of H-pyrrole nitrogens is 1. The number of benzene rings is 1. The van der Waals surface area contributed by atoms with E-state index in [1.54, 1.807) is 10.9 Å². The van der Waals surface area contributed by atoms with Gasteiger partial charge in [-0.2, -0.15) is 5.10 Å². The zero-order chi connectivity index (χ0) is 18.1. The SMILES string of the molecule is Cn1cc([C@H](NC(=O)CCc2c[nH]c3ccccc23)C2CC(O)C2)cn1. The van der Waals surface area contributed by atoms with Gasteiger partial charge < -0.3 is 15.4 Å². The molecule has 136 valence electrons. The van der Waals surface area contributed by atoms with Gasteiger partial charge in [0.25, 0.3) is 0 Å². The molecule has 2 heterocycles. The second-order valence-electron chi connectivity index (χ2n) is 7.24. The number of amides is 1. The highest BCUT2D eigenvalue weighted by atomic mass is 16.3. The average molecular weight is 352 g/mol. The van der Waals surface area contributed by atoms with Crippen LogP contribution in [-0.4, -0.2) is 31.9 Å². The number of hydrogen-bond donors (Lipinski definition) is 3. The van der Waals surface area contributed by atoms with Crippen LogP contribution in [0.25, 0.3) is 10.9 Å². The molecule has 4 rings (SSSR count). The molecule has 0 saturated heterocycles. The van der Waals surface area contributed by atoms with Crippen molar-refractivity contribution in [3.05, 3.63) is 54.0 Å². The van der Waals surface area contributed by atoms with Gasteiger partial charge in [0.2, 0.25) is 5.91 Å². The number of fused-ring (bicyclic) bond motifs is 1. The highest BCUT2D eigenvalue weighted by Gasteiger charge is 2.36. The molecule has 0 spiro atoms. The second kappa shape index (κ2) is 6.96. The molecular weight excluding hydrogens is 328 g/mol. The second-order valence-corrected chi connectivity index (χ2v) is 7.24. The lowest BCUT2D eigenvalue weighted by atomic mass is 9.75. The fourth-order valence-electron chi connectivity index (χ4n) is 3.81. The number of hydrogen-bond acceptors (Lipinski definition) is 3. The number of carbonyl (C=O) groups excluding carboxylic acids is 1. The zero-order valence-electron chi connectivity index (χ0n) is 14.9. The number of aromatic amines is 1. The Labute approximate surface area is 152 Å². The topological polar surface area (TPSA) is 82.9 Å². The zero-order valence-corrected chi connectivity index (χ0v) is 14.9. The molecule has 26 heavy (non-hydrogen) atoms. The molecule has 0 radical (unpaired) electrons. The molecule has 6 heteroatoms. The number of carbonyl (C=O) groups is 1. The van der Waals surface area contributed by atoms with Gasteiger partial charge >= 0.3 is 0 Å². The molecule has 0 unspecified atom stereocenters. The van der Waals surface area contributed by atoms with Crippen molar-refractivity contribution in [1.82, 2.24) is 20.1 Å². The number of aryl methyl sites for hydroxylation is 2.